The first-order valence-corrected chi connectivity index (χ1v) is 5.66. The molecule has 0 radical (unpaired) electrons. The van der Waals surface area contributed by atoms with Crippen LogP contribution in [0.3, 0.4) is 0 Å². The van der Waals surface area contributed by atoms with Crippen LogP contribution in [0.1, 0.15) is 39.0 Å². The van der Waals surface area contributed by atoms with E-state index in [0.29, 0.717) is 5.92 Å². The molecule has 4 heteroatoms. The van der Waals surface area contributed by atoms with Crippen LogP contribution in [-0.4, -0.2) is 19.3 Å². The van der Waals surface area contributed by atoms with Gasteiger partial charge in [0.25, 0.3) is 0 Å². The zero-order chi connectivity index (χ0) is 11.5. The lowest BCUT2D eigenvalue weighted by atomic mass is 9.78. The molecule has 0 bridgehead atoms. The number of hydrogen-bond acceptors (Lipinski definition) is 1. The first-order valence-electron chi connectivity index (χ1n) is 5.66. The van der Waals surface area contributed by atoms with Gasteiger partial charge in [0.1, 0.15) is 0 Å². The fraction of sp³-hybridized carbons (Fsp3) is 1.00. The summed E-state index contributed by atoms with van der Waals surface area (Å²) in [6.45, 7) is 2.13. The molecule has 1 aliphatic carbocycles. The smallest absolute Gasteiger partial charge is 0.316 e. The van der Waals surface area contributed by atoms with Gasteiger partial charge in [0.2, 0.25) is 0 Å². The largest absolute Gasteiger partial charge is 0.390 e. The molecule has 0 aromatic carbocycles. The van der Waals surface area contributed by atoms with Gasteiger partial charge in [-0.2, -0.15) is 13.2 Å². The van der Waals surface area contributed by atoms with Gasteiger partial charge in [0, 0.05) is 6.04 Å². The quantitative estimate of drug-likeness (QED) is 0.773. The molecule has 0 amide bonds. The van der Waals surface area contributed by atoms with Crippen molar-refractivity contribution in [3.8, 4) is 0 Å². The van der Waals surface area contributed by atoms with Gasteiger partial charge in [0.15, 0.2) is 0 Å². The molecule has 3 atom stereocenters. The summed E-state index contributed by atoms with van der Waals surface area (Å²) in [5, 5.41) is 2.83. The van der Waals surface area contributed by atoms with E-state index in [-0.39, 0.29) is 5.92 Å². The first-order chi connectivity index (χ1) is 6.92. The SMILES string of the molecule is CNC(CC(F)(F)F)C1CCCC(C)C1. The van der Waals surface area contributed by atoms with E-state index in [1.54, 1.807) is 7.05 Å². The number of halogens is 3. The summed E-state index contributed by atoms with van der Waals surface area (Å²) < 4.78 is 36.9. The Balaban J connectivity index is 2.50. The monoisotopic (exact) mass is 223 g/mol. The Labute approximate surface area is 89.4 Å². The molecular formula is C11H20F3N. The molecule has 1 aliphatic rings. The first kappa shape index (κ1) is 12.8. The summed E-state index contributed by atoms with van der Waals surface area (Å²) in [5.74, 6) is 0.771. The van der Waals surface area contributed by atoms with E-state index >= 15 is 0 Å². The maximum Gasteiger partial charge on any atom is 0.390 e. The van der Waals surface area contributed by atoms with Crippen molar-refractivity contribution >= 4 is 0 Å². The highest BCUT2D eigenvalue weighted by Crippen LogP contribution is 2.34. The molecule has 0 saturated heterocycles. The van der Waals surface area contributed by atoms with E-state index < -0.39 is 18.6 Å². The average molecular weight is 223 g/mol. The summed E-state index contributed by atoms with van der Waals surface area (Å²) >= 11 is 0. The number of nitrogens with one attached hydrogen (secondary N) is 1. The summed E-state index contributed by atoms with van der Waals surface area (Å²) in [7, 11) is 1.63. The summed E-state index contributed by atoms with van der Waals surface area (Å²) in [6.07, 6.45) is -0.635. The molecule has 0 heterocycles. The van der Waals surface area contributed by atoms with Crippen LogP contribution < -0.4 is 5.32 Å². The second-order valence-corrected chi connectivity index (χ2v) is 4.75. The maximum atomic E-state index is 12.3. The lowest BCUT2D eigenvalue weighted by Crippen LogP contribution is -2.39. The zero-order valence-electron chi connectivity index (χ0n) is 9.40. The summed E-state index contributed by atoms with van der Waals surface area (Å²) in [4.78, 5) is 0. The van der Waals surface area contributed by atoms with Gasteiger partial charge in [-0.05, 0) is 31.7 Å². The molecule has 1 saturated carbocycles. The number of alkyl halides is 3. The van der Waals surface area contributed by atoms with E-state index in [4.69, 9.17) is 0 Å². The van der Waals surface area contributed by atoms with Gasteiger partial charge in [-0.25, -0.2) is 0 Å². The highest BCUT2D eigenvalue weighted by Gasteiger charge is 2.36. The number of rotatable bonds is 3. The average Bonchev–Trinajstić information content (AvgIpc) is 2.13. The van der Waals surface area contributed by atoms with E-state index in [9.17, 15) is 13.2 Å². The van der Waals surface area contributed by atoms with Crippen LogP contribution in [0.4, 0.5) is 13.2 Å². The van der Waals surface area contributed by atoms with Gasteiger partial charge in [-0.1, -0.05) is 19.8 Å². The van der Waals surface area contributed by atoms with Gasteiger partial charge in [-0.3, -0.25) is 0 Å². The molecular weight excluding hydrogens is 203 g/mol. The van der Waals surface area contributed by atoms with Crippen LogP contribution in [0.5, 0.6) is 0 Å². The molecule has 90 valence electrons. The van der Waals surface area contributed by atoms with Crippen LogP contribution in [0.25, 0.3) is 0 Å². The molecule has 3 unspecified atom stereocenters. The van der Waals surface area contributed by atoms with Crippen LogP contribution in [0.2, 0.25) is 0 Å². The second kappa shape index (κ2) is 5.19. The Bertz CT molecular complexity index is 191. The van der Waals surface area contributed by atoms with E-state index in [1.165, 1.54) is 6.42 Å². The van der Waals surface area contributed by atoms with Gasteiger partial charge in [0.05, 0.1) is 6.42 Å². The third-order valence-corrected chi connectivity index (χ3v) is 3.37. The number of hydrogen-bond donors (Lipinski definition) is 1. The van der Waals surface area contributed by atoms with Crippen LogP contribution >= 0.6 is 0 Å². The third kappa shape index (κ3) is 4.41. The topological polar surface area (TPSA) is 12.0 Å². The molecule has 1 N–H and O–H groups in total. The minimum atomic E-state index is -4.05. The molecule has 1 fully saturated rings. The van der Waals surface area contributed by atoms with Crippen molar-refractivity contribution in [1.82, 2.24) is 5.32 Å². The van der Waals surface area contributed by atoms with Crippen molar-refractivity contribution in [3.63, 3.8) is 0 Å². The summed E-state index contributed by atoms with van der Waals surface area (Å²) in [6, 6.07) is -0.396. The molecule has 15 heavy (non-hydrogen) atoms. The van der Waals surface area contributed by atoms with Crippen molar-refractivity contribution in [2.45, 2.75) is 51.2 Å². The Morgan fingerprint density at radius 2 is 2.00 bits per heavy atom. The highest BCUT2D eigenvalue weighted by atomic mass is 19.4. The van der Waals surface area contributed by atoms with Crippen molar-refractivity contribution in [2.24, 2.45) is 11.8 Å². The highest BCUT2D eigenvalue weighted by molar-refractivity contribution is 4.82. The van der Waals surface area contributed by atoms with Crippen LogP contribution in [0, 0.1) is 11.8 Å². The van der Waals surface area contributed by atoms with Crippen molar-refractivity contribution in [1.29, 1.82) is 0 Å². The molecule has 0 aromatic rings. The Morgan fingerprint density at radius 1 is 1.33 bits per heavy atom. The van der Waals surface area contributed by atoms with E-state index in [2.05, 4.69) is 12.2 Å². The lowest BCUT2D eigenvalue weighted by Gasteiger charge is -2.33. The second-order valence-electron chi connectivity index (χ2n) is 4.75. The van der Waals surface area contributed by atoms with E-state index in [1.807, 2.05) is 0 Å². The van der Waals surface area contributed by atoms with Gasteiger partial charge < -0.3 is 5.32 Å². The minimum Gasteiger partial charge on any atom is -0.316 e. The van der Waals surface area contributed by atoms with Crippen LogP contribution in [-0.2, 0) is 0 Å². The van der Waals surface area contributed by atoms with Crippen molar-refractivity contribution in [2.75, 3.05) is 7.05 Å². The molecule has 1 rings (SSSR count). The Morgan fingerprint density at radius 3 is 2.47 bits per heavy atom. The zero-order valence-corrected chi connectivity index (χ0v) is 9.40. The predicted octanol–water partition coefficient (Wildman–Crippen LogP) is 3.35. The normalized spacial score (nSPS) is 30.2. The Hall–Kier alpha value is -0.250. The maximum absolute atomic E-state index is 12.3. The Kier molecular flexibility index (Phi) is 4.44. The minimum absolute atomic E-state index is 0.195. The van der Waals surface area contributed by atoms with Gasteiger partial charge in [-0.15, -0.1) is 0 Å². The molecule has 0 spiro atoms. The standard InChI is InChI=1S/C11H20F3N/c1-8-4-3-5-9(6-8)10(15-2)7-11(12,13)14/h8-10,15H,3-7H2,1-2H3. The lowest BCUT2D eigenvalue weighted by molar-refractivity contribution is -0.143. The third-order valence-electron chi connectivity index (χ3n) is 3.37. The van der Waals surface area contributed by atoms with Crippen molar-refractivity contribution < 1.29 is 13.2 Å². The van der Waals surface area contributed by atoms with E-state index in [0.717, 1.165) is 19.3 Å². The molecule has 1 nitrogen and oxygen atoms in total. The predicted molar refractivity (Wildman–Crippen MR) is 54.6 cm³/mol. The van der Waals surface area contributed by atoms with Crippen molar-refractivity contribution in [3.05, 3.63) is 0 Å². The molecule has 0 aromatic heterocycles. The fourth-order valence-corrected chi connectivity index (χ4v) is 2.60. The van der Waals surface area contributed by atoms with Crippen LogP contribution in [0.15, 0.2) is 0 Å². The molecule has 0 aliphatic heterocycles. The fourth-order valence-electron chi connectivity index (χ4n) is 2.60. The summed E-state index contributed by atoms with van der Waals surface area (Å²) in [5.41, 5.74) is 0. The van der Waals surface area contributed by atoms with Gasteiger partial charge >= 0.3 is 6.18 Å².